The van der Waals surface area contributed by atoms with Crippen LogP contribution in [0.5, 0.6) is 0 Å². The summed E-state index contributed by atoms with van der Waals surface area (Å²) in [6, 6.07) is 16.5. The van der Waals surface area contributed by atoms with Crippen LogP contribution in [0.4, 0.5) is 22.7 Å². The van der Waals surface area contributed by atoms with E-state index >= 15 is 0 Å². The molecular weight excluding hydrogens is 610 g/mol. The summed E-state index contributed by atoms with van der Waals surface area (Å²) in [5.41, 5.74) is 3.02. The summed E-state index contributed by atoms with van der Waals surface area (Å²) < 4.78 is 96.4. The summed E-state index contributed by atoms with van der Waals surface area (Å²) >= 11 is 0. The van der Waals surface area contributed by atoms with Gasteiger partial charge in [-0.3, -0.25) is 23.4 Å². The van der Waals surface area contributed by atoms with Crippen molar-refractivity contribution in [3.63, 3.8) is 0 Å². The first-order valence-corrected chi connectivity index (χ1v) is 16.0. The van der Waals surface area contributed by atoms with Crippen molar-refractivity contribution in [1.82, 2.24) is 0 Å². The highest BCUT2D eigenvalue weighted by molar-refractivity contribution is 7.92. The normalized spacial score (nSPS) is 13.3. The number of hydrogen-bond donors (Lipinski definition) is 5. The number of nitrogens with two attached hydrogens (primary N) is 1. The van der Waals surface area contributed by atoms with Crippen molar-refractivity contribution in [2.45, 2.75) is 14.7 Å². The number of anilines is 4. The molecule has 216 valence electrons. The van der Waals surface area contributed by atoms with Gasteiger partial charge < -0.3 is 11.1 Å². The summed E-state index contributed by atoms with van der Waals surface area (Å²) in [5, 5.41) is 2.53. The average molecular weight is 630 g/mol. The molecule has 0 saturated heterocycles. The van der Waals surface area contributed by atoms with Crippen LogP contribution in [0.2, 0.25) is 0 Å². The van der Waals surface area contributed by atoms with Crippen LogP contribution in [0.3, 0.4) is 0 Å². The lowest BCUT2D eigenvalue weighted by atomic mass is 9.82. The average Bonchev–Trinajstić information content (AvgIpc) is 2.92. The maximum atomic E-state index is 13.5. The van der Waals surface area contributed by atoms with Crippen molar-refractivity contribution >= 4 is 64.6 Å². The molecule has 5 rings (SSSR count). The fraction of sp³-hybridized carbons (Fsp3) is 0. The lowest BCUT2D eigenvalue weighted by Crippen LogP contribution is -2.25. The number of carbonyl (C=O) groups excluding carboxylic acids is 2. The van der Waals surface area contributed by atoms with Crippen molar-refractivity contribution < 1.29 is 43.9 Å². The number of ketones is 2. The van der Waals surface area contributed by atoms with E-state index in [2.05, 4.69) is 10.0 Å². The molecule has 0 amide bonds. The number of benzene rings is 4. The molecule has 0 spiro atoms. The van der Waals surface area contributed by atoms with Crippen LogP contribution in [0.15, 0.2) is 93.5 Å². The molecule has 1 aliphatic carbocycles. The van der Waals surface area contributed by atoms with Crippen molar-refractivity contribution in [2.75, 3.05) is 15.8 Å². The number of fused-ring (bicyclic) bond motifs is 2. The number of nitrogen functional groups attached to an aromatic ring is 1. The van der Waals surface area contributed by atoms with Gasteiger partial charge in [-0.25, -0.2) is 8.42 Å². The molecule has 0 atom stereocenters. The van der Waals surface area contributed by atoms with E-state index in [4.69, 9.17) is 5.73 Å². The van der Waals surface area contributed by atoms with Crippen LogP contribution >= 0.6 is 0 Å². The summed E-state index contributed by atoms with van der Waals surface area (Å²) in [6.07, 6.45) is 0. The van der Waals surface area contributed by atoms with Gasteiger partial charge in [0.2, 0.25) is 0 Å². The molecule has 42 heavy (non-hydrogen) atoms. The van der Waals surface area contributed by atoms with E-state index in [1.165, 1.54) is 48.5 Å². The molecule has 4 aromatic carbocycles. The van der Waals surface area contributed by atoms with Gasteiger partial charge in [-0.2, -0.15) is 16.8 Å². The summed E-state index contributed by atoms with van der Waals surface area (Å²) in [6.45, 7) is 0. The minimum Gasteiger partial charge on any atom is -0.397 e. The Morgan fingerprint density at radius 1 is 0.619 bits per heavy atom. The molecule has 13 nitrogen and oxygen atoms in total. The van der Waals surface area contributed by atoms with Crippen molar-refractivity contribution in [3.8, 4) is 0 Å². The summed E-state index contributed by atoms with van der Waals surface area (Å²) in [5.74, 6) is -1.59. The van der Waals surface area contributed by atoms with Gasteiger partial charge in [-0.05, 0) is 36.4 Å². The molecule has 0 aromatic heterocycles. The Labute approximate surface area is 239 Å². The molecule has 0 radical (unpaired) electrons. The molecule has 4 aromatic rings. The number of carbonyl (C=O) groups is 2. The fourth-order valence-corrected chi connectivity index (χ4v) is 6.86. The topological polar surface area (TPSA) is 227 Å². The molecule has 0 saturated carbocycles. The first-order valence-electron chi connectivity index (χ1n) is 11.7. The van der Waals surface area contributed by atoms with Crippen molar-refractivity contribution in [2.24, 2.45) is 0 Å². The highest BCUT2D eigenvalue weighted by Gasteiger charge is 2.37. The summed E-state index contributed by atoms with van der Waals surface area (Å²) in [7, 11) is -14.3. The lowest BCUT2D eigenvalue weighted by molar-refractivity contribution is 0.0980. The number of nitrogens with one attached hydrogen (secondary N) is 2. The Morgan fingerprint density at radius 3 is 1.74 bits per heavy atom. The molecule has 16 heteroatoms. The maximum Gasteiger partial charge on any atom is 0.296 e. The Morgan fingerprint density at radius 2 is 1.17 bits per heavy atom. The first-order chi connectivity index (χ1) is 19.6. The molecule has 0 aliphatic heterocycles. The second-order valence-corrected chi connectivity index (χ2v) is 13.5. The zero-order chi connectivity index (χ0) is 30.6. The van der Waals surface area contributed by atoms with E-state index < -0.39 is 79.8 Å². The third-order valence-corrected chi connectivity index (χ3v) is 9.50. The number of hydrogen-bond acceptors (Lipinski definition) is 10. The third kappa shape index (κ3) is 5.12. The fourth-order valence-electron chi connectivity index (χ4n) is 4.47. The molecule has 0 unspecified atom stereocenters. The Bertz CT molecular complexity index is 2150. The van der Waals surface area contributed by atoms with Gasteiger partial charge in [0.05, 0.1) is 38.8 Å². The van der Waals surface area contributed by atoms with E-state index in [0.29, 0.717) is 0 Å². The quantitative estimate of drug-likeness (QED) is 0.129. The molecule has 0 bridgehead atoms. The molecular formula is C26H19N3O10S3. The van der Waals surface area contributed by atoms with Crippen molar-refractivity contribution in [3.05, 3.63) is 101 Å². The molecule has 6 N–H and O–H groups in total. The number of rotatable bonds is 7. The van der Waals surface area contributed by atoms with E-state index in [0.717, 1.165) is 24.3 Å². The predicted molar refractivity (Wildman–Crippen MR) is 151 cm³/mol. The minimum absolute atomic E-state index is 0.0438. The van der Waals surface area contributed by atoms with Gasteiger partial charge in [0, 0.05) is 11.1 Å². The van der Waals surface area contributed by atoms with Crippen LogP contribution in [0, 0.1) is 0 Å². The van der Waals surface area contributed by atoms with Crippen LogP contribution in [0.25, 0.3) is 0 Å². The van der Waals surface area contributed by atoms with Gasteiger partial charge in [-0.15, -0.1) is 0 Å². The largest absolute Gasteiger partial charge is 0.397 e. The second-order valence-electron chi connectivity index (χ2n) is 8.99. The van der Waals surface area contributed by atoms with Gasteiger partial charge in [0.1, 0.15) is 9.79 Å². The molecule has 0 fully saturated rings. The Balaban J connectivity index is 1.68. The van der Waals surface area contributed by atoms with Crippen LogP contribution in [0.1, 0.15) is 31.8 Å². The van der Waals surface area contributed by atoms with E-state index in [9.17, 15) is 43.9 Å². The lowest BCUT2D eigenvalue weighted by Gasteiger charge is -2.24. The van der Waals surface area contributed by atoms with Crippen molar-refractivity contribution in [1.29, 1.82) is 0 Å². The van der Waals surface area contributed by atoms with Gasteiger partial charge in [0.25, 0.3) is 30.3 Å². The highest BCUT2D eigenvalue weighted by Crippen LogP contribution is 2.41. The maximum absolute atomic E-state index is 13.5. The Hall–Kier alpha value is -4.61. The van der Waals surface area contributed by atoms with Gasteiger partial charge in [-0.1, -0.05) is 42.5 Å². The van der Waals surface area contributed by atoms with E-state index in [-0.39, 0.29) is 21.7 Å². The van der Waals surface area contributed by atoms with E-state index in [1.807, 2.05) is 0 Å². The van der Waals surface area contributed by atoms with Gasteiger partial charge >= 0.3 is 0 Å². The second kappa shape index (κ2) is 10.0. The molecule has 1 aliphatic rings. The monoisotopic (exact) mass is 629 g/mol. The number of sulfonamides is 1. The summed E-state index contributed by atoms with van der Waals surface area (Å²) in [4.78, 5) is 24.9. The zero-order valence-electron chi connectivity index (χ0n) is 21.0. The highest BCUT2D eigenvalue weighted by atomic mass is 32.2. The van der Waals surface area contributed by atoms with Crippen LogP contribution in [-0.2, 0) is 30.3 Å². The van der Waals surface area contributed by atoms with Gasteiger partial charge in [0.15, 0.2) is 11.6 Å². The first kappa shape index (κ1) is 28.9. The smallest absolute Gasteiger partial charge is 0.296 e. The zero-order valence-corrected chi connectivity index (χ0v) is 23.4. The Kier molecular flexibility index (Phi) is 6.91. The molecule has 0 heterocycles. The minimum atomic E-state index is -5.08. The van der Waals surface area contributed by atoms with Crippen LogP contribution in [-0.4, -0.2) is 45.9 Å². The SMILES string of the molecule is Nc1c(S(=O)(=O)O)cc(Nc2ccc(NS(=O)(=O)c3ccccc3)cc2S(=O)(=O)O)c2c1C(=O)c1ccccc1C2=O. The van der Waals surface area contributed by atoms with Crippen LogP contribution < -0.4 is 15.8 Å². The third-order valence-electron chi connectivity index (χ3n) is 6.31. The van der Waals surface area contributed by atoms with E-state index in [1.54, 1.807) is 6.07 Å². The predicted octanol–water partition coefficient (Wildman–Crippen LogP) is 3.08. The standard InChI is InChI=1S/C26H19N3O10S3/c27-24-21(42(37,38)39)13-19(22-23(24)26(31)17-9-5-4-8-16(17)25(22)30)28-18-11-10-14(12-20(18)41(34,35)36)29-40(32,33)15-6-2-1-3-7-15/h1-13,28-29H,27H2,(H,34,35,36)(H,37,38,39).